The normalized spacial score (nSPS) is 9.92. The summed E-state index contributed by atoms with van der Waals surface area (Å²) in [4.78, 5) is 0.832. The number of hydrogen-bond donors (Lipinski definition) is 3. The van der Waals surface area contributed by atoms with Gasteiger partial charge in [-0.25, -0.2) is 0 Å². The van der Waals surface area contributed by atoms with Crippen LogP contribution in [0.2, 0.25) is 0 Å². The summed E-state index contributed by atoms with van der Waals surface area (Å²) in [6.07, 6.45) is 0. The molecule has 1 aromatic rings. The number of ether oxygens (including phenoxy) is 1. The molecular formula is C8H12N2OS. The van der Waals surface area contributed by atoms with Crippen LogP contribution in [0.15, 0.2) is 23.1 Å². The number of hydrazine groups is 1. The molecule has 1 rings (SSSR count). The Hall–Kier alpha value is -0.710. The first-order valence-electron chi connectivity index (χ1n) is 3.57. The van der Waals surface area contributed by atoms with Gasteiger partial charge in [-0.1, -0.05) is 6.07 Å². The van der Waals surface area contributed by atoms with E-state index in [2.05, 4.69) is 18.1 Å². The first-order valence-corrected chi connectivity index (χ1v) is 4.02. The third-order valence-electron chi connectivity index (χ3n) is 1.55. The average molecular weight is 184 g/mol. The summed E-state index contributed by atoms with van der Waals surface area (Å²) in [6, 6.07) is 5.74. The monoisotopic (exact) mass is 184 g/mol. The van der Waals surface area contributed by atoms with Gasteiger partial charge in [0, 0.05) is 11.4 Å². The molecule has 3 nitrogen and oxygen atoms in total. The molecule has 0 saturated heterocycles. The lowest BCUT2D eigenvalue weighted by Gasteiger charge is -2.06. The van der Waals surface area contributed by atoms with Gasteiger partial charge in [0.05, 0.1) is 7.11 Å². The third kappa shape index (κ3) is 2.14. The summed E-state index contributed by atoms with van der Waals surface area (Å²) < 4.78 is 5.09. The largest absolute Gasteiger partial charge is 0.496 e. The average Bonchev–Trinajstić information content (AvgIpc) is 2.09. The van der Waals surface area contributed by atoms with Crippen molar-refractivity contribution in [3.8, 4) is 5.75 Å². The Morgan fingerprint density at radius 2 is 2.33 bits per heavy atom. The smallest absolute Gasteiger partial charge is 0.132 e. The van der Waals surface area contributed by atoms with E-state index in [0.717, 1.165) is 16.2 Å². The van der Waals surface area contributed by atoms with Crippen LogP contribution in [0.4, 0.5) is 0 Å². The first kappa shape index (κ1) is 9.38. The molecule has 4 heteroatoms. The Kier molecular flexibility index (Phi) is 3.40. The van der Waals surface area contributed by atoms with Crippen LogP contribution in [0.5, 0.6) is 5.75 Å². The molecule has 66 valence electrons. The van der Waals surface area contributed by atoms with Crippen molar-refractivity contribution in [1.29, 1.82) is 0 Å². The lowest BCUT2D eigenvalue weighted by Crippen LogP contribution is -2.20. The van der Waals surface area contributed by atoms with Crippen LogP contribution in [0.25, 0.3) is 0 Å². The van der Waals surface area contributed by atoms with E-state index in [4.69, 9.17) is 10.6 Å². The van der Waals surface area contributed by atoms with Gasteiger partial charge >= 0.3 is 0 Å². The van der Waals surface area contributed by atoms with Gasteiger partial charge in [-0.15, -0.1) is 12.6 Å². The van der Waals surface area contributed by atoms with Crippen LogP contribution in [-0.2, 0) is 6.54 Å². The highest BCUT2D eigenvalue weighted by Gasteiger charge is 1.99. The quantitative estimate of drug-likeness (QED) is 0.372. The maximum Gasteiger partial charge on any atom is 0.132 e. The summed E-state index contributed by atoms with van der Waals surface area (Å²) in [6.45, 7) is 0.629. The summed E-state index contributed by atoms with van der Waals surface area (Å²) in [5, 5.41) is 0. The van der Waals surface area contributed by atoms with Crippen molar-refractivity contribution in [2.75, 3.05) is 7.11 Å². The van der Waals surface area contributed by atoms with Crippen LogP contribution in [-0.4, -0.2) is 7.11 Å². The summed E-state index contributed by atoms with van der Waals surface area (Å²) in [5.41, 5.74) is 3.65. The predicted octanol–water partition coefficient (Wildman–Crippen LogP) is 0.947. The molecule has 0 unspecified atom stereocenters. The van der Waals surface area contributed by atoms with E-state index in [1.807, 2.05) is 18.2 Å². The Balaban J connectivity index is 2.89. The van der Waals surface area contributed by atoms with Gasteiger partial charge in [0.15, 0.2) is 0 Å². The van der Waals surface area contributed by atoms with Crippen molar-refractivity contribution in [3.63, 3.8) is 0 Å². The van der Waals surface area contributed by atoms with Crippen molar-refractivity contribution < 1.29 is 4.74 Å². The zero-order valence-corrected chi connectivity index (χ0v) is 7.77. The number of benzene rings is 1. The van der Waals surface area contributed by atoms with Gasteiger partial charge in [-0.3, -0.25) is 11.3 Å². The highest BCUT2D eigenvalue weighted by atomic mass is 32.1. The number of nitrogens with two attached hydrogens (primary N) is 1. The Bertz CT molecular complexity index is 265. The topological polar surface area (TPSA) is 47.3 Å². The van der Waals surface area contributed by atoms with E-state index < -0.39 is 0 Å². The minimum absolute atomic E-state index is 0.629. The number of hydrogen-bond acceptors (Lipinski definition) is 4. The minimum atomic E-state index is 0.629. The molecule has 1 aromatic carbocycles. The summed E-state index contributed by atoms with van der Waals surface area (Å²) in [5.74, 6) is 5.95. The molecule has 0 aliphatic rings. The standard InChI is InChI=1S/C8H12N2OS/c1-11-7-4-6(5-10-9)2-3-8(7)12/h2-4,10,12H,5,9H2,1H3. The number of nitrogens with one attached hydrogen (secondary N) is 1. The second kappa shape index (κ2) is 4.35. The lowest BCUT2D eigenvalue weighted by atomic mass is 10.2. The Morgan fingerprint density at radius 1 is 1.58 bits per heavy atom. The van der Waals surface area contributed by atoms with Crippen molar-refractivity contribution in [3.05, 3.63) is 23.8 Å². The Morgan fingerprint density at radius 3 is 2.92 bits per heavy atom. The van der Waals surface area contributed by atoms with Gasteiger partial charge in [0.2, 0.25) is 0 Å². The molecule has 0 heterocycles. The van der Waals surface area contributed by atoms with E-state index in [0.29, 0.717) is 6.54 Å². The van der Waals surface area contributed by atoms with Crippen LogP contribution in [0.1, 0.15) is 5.56 Å². The lowest BCUT2D eigenvalue weighted by molar-refractivity contribution is 0.404. The maximum atomic E-state index is 5.18. The molecule has 0 radical (unpaired) electrons. The molecule has 0 aromatic heterocycles. The zero-order chi connectivity index (χ0) is 8.97. The van der Waals surface area contributed by atoms with E-state index in [-0.39, 0.29) is 0 Å². The van der Waals surface area contributed by atoms with Gasteiger partial charge in [-0.2, -0.15) is 0 Å². The van der Waals surface area contributed by atoms with Gasteiger partial charge in [-0.05, 0) is 17.7 Å². The first-order chi connectivity index (χ1) is 5.77. The fourth-order valence-electron chi connectivity index (χ4n) is 0.950. The minimum Gasteiger partial charge on any atom is -0.496 e. The molecule has 0 atom stereocenters. The van der Waals surface area contributed by atoms with Gasteiger partial charge in [0.25, 0.3) is 0 Å². The fraction of sp³-hybridized carbons (Fsp3) is 0.250. The van der Waals surface area contributed by atoms with E-state index in [1.54, 1.807) is 7.11 Å². The predicted molar refractivity (Wildman–Crippen MR) is 51.3 cm³/mol. The van der Waals surface area contributed by atoms with Gasteiger partial charge in [0.1, 0.15) is 5.75 Å². The van der Waals surface area contributed by atoms with E-state index in [9.17, 15) is 0 Å². The molecule has 0 saturated carbocycles. The number of thiol groups is 1. The molecule has 0 amide bonds. The molecule has 0 aliphatic heterocycles. The second-order valence-electron chi connectivity index (χ2n) is 2.39. The Labute approximate surface area is 77.3 Å². The zero-order valence-electron chi connectivity index (χ0n) is 6.87. The third-order valence-corrected chi connectivity index (χ3v) is 1.92. The molecule has 0 spiro atoms. The molecule has 0 aliphatic carbocycles. The van der Waals surface area contributed by atoms with Crippen LogP contribution >= 0.6 is 12.6 Å². The SMILES string of the molecule is COc1cc(CNN)ccc1S. The number of rotatable bonds is 3. The summed E-state index contributed by atoms with van der Waals surface area (Å²) >= 11 is 4.22. The van der Waals surface area contributed by atoms with Crippen molar-refractivity contribution in [2.24, 2.45) is 5.84 Å². The molecule has 0 bridgehead atoms. The molecule has 0 fully saturated rings. The summed E-state index contributed by atoms with van der Waals surface area (Å²) in [7, 11) is 1.62. The fourth-order valence-corrected chi connectivity index (χ4v) is 1.18. The highest BCUT2D eigenvalue weighted by molar-refractivity contribution is 7.80. The van der Waals surface area contributed by atoms with Crippen molar-refractivity contribution in [2.45, 2.75) is 11.4 Å². The number of methoxy groups -OCH3 is 1. The van der Waals surface area contributed by atoms with Gasteiger partial charge < -0.3 is 4.74 Å². The highest BCUT2D eigenvalue weighted by Crippen LogP contribution is 2.22. The van der Waals surface area contributed by atoms with E-state index >= 15 is 0 Å². The van der Waals surface area contributed by atoms with E-state index in [1.165, 1.54) is 0 Å². The van der Waals surface area contributed by atoms with Crippen molar-refractivity contribution in [1.82, 2.24) is 5.43 Å². The van der Waals surface area contributed by atoms with Crippen molar-refractivity contribution >= 4 is 12.6 Å². The maximum absolute atomic E-state index is 5.18. The van der Waals surface area contributed by atoms with Crippen LogP contribution < -0.4 is 16.0 Å². The van der Waals surface area contributed by atoms with Crippen LogP contribution in [0, 0.1) is 0 Å². The van der Waals surface area contributed by atoms with Crippen LogP contribution in [0.3, 0.4) is 0 Å². The molecule has 3 N–H and O–H groups in total. The second-order valence-corrected chi connectivity index (χ2v) is 2.87. The molecule has 12 heavy (non-hydrogen) atoms. The molecular weight excluding hydrogens is 172 g/mol.